The van der Waals surface area contributed by atoms with E-state index in [1.165, 1.54) is 5.56 Å². The highest BCUT2D eigenvalue weighted by Gasteiger charge is 2.27. The molecule has 1 aromatic heterocycles. The lowest BCUT2D eigenvalue weighted by atomic mass is 9.96. The highest BCUT2D eigenvalue weighted by molar-refractivity contribution is 5.89. The van der Waals surface area contributed by atoms with Gasteiger partial charge in [0.2, 0.25) is 0 Å². The first-order chi connectivity index (χ1) is 16.6. The van der Waals surface area contributed by atoms with Gasteiger partial charge in [-0.15, -0.1) is 0 Å². The van der Waals surface area contributed by atoms with Gasteiger partial charge in [-0.05, 0) is 36.6 Å². The zero-order valence-corrected chi connectivity index (χ0v) is 19.6. The molecule has 5 heteroatoms. The highest BCUT2D eigenvalue weighted by Crippen LogP contribution is 2.32. The summed E-state index contributed by atoms with van der Waals surface area (Å²) >= 11 is 0. The molecular weight excluding hydrogens is 420 g/mol. The van der Waals surface area contributed by atoms with E-state index >= 15 is 0 Å². The van der Waals surface area contributed by atoms with Crippen LogP contribution < -0.4 is 5.32 Å². The molecular formula is C29H28N4O. The van der Waals surface area contributed by atoms with Crippen molar-refractivity contribution in [2.75, 3.05) is 11.9 Å². The van der Waals surface area contributed by atoms with Gasteiger partial charge in [-0.2, -0.15) is 0 Å². The van der Waals surface area contributed by atoms with Crippen LogP contribution in [0.4, 0.5) is 10.5 Å². The largest absolute Gasteiger partial charge is 0.322 e. The first-order valence-electron chi connectivity index (χ1n) is 11.8. The lowest BCUT2D eigenvalue weighted by molar-refractivity contribution is 0.206. The molecule has 1 aliphatic heterocycles. The van der Waals surface area contributed by atoms with Gasteiger partial charge in [-0.3, -0.25) is 0 Å². The standard InChI is InChI=1S/C29H28N4O/c1-3-21-11-9-14-23(18-21)30-29(34)33-17-16-26-25(19-33)27(24-15-8-7-10-20(24)2)32-28(31-26)22-12-5-4-6-13-22/h4-15,18H,3,16-17,19H2,1-2H3,(H,30,34). The predicted molar refractivity (Wildman–Crippen MR) is 137 cm³/mol. The van der Waals surface area contributed by atoms with Crippen molar-refractivity contribution in [3.63, 3.8) is 0 Å². The summed E-state index contributed by atoms with van der Waals surface area (Å²) in [5.41, 5.74) is 8.21. The quantitative estimate of drug-likeness (QED) is 0.400. The van der Waals surface area contributed by atoms with Gasteiger partial charge in [-0.1, -0.05) is 73.7 Å². The molecule has 5 rings (SSSR count). The van der Waals surface area contributed by atoms with E-state index in [9.17, 15) is 4.79 Å². The third-order valence-electron chi connectivity index (χ3n) is 6.37. The monoisotopic (exact) mass is 448 g/mol. The van der Waals surface area contributed by atoms with Crippen molar-refractivity contribution in [3.05, 3.63) is 101 Å². The van der Waals surface area contributed by atoms with E-state index in [1.807, 2.05) is 65.6 Å². The van der Waals surface area contributed by atoms with Gasteiger partial charge >= 0.3 is 6.03 Å². The number of fused-ring (bicyclic) bond motifs is 1. The molecule has 0 unspecified atom stereocenters. The van der Waals surface area contributed by atoms with Crippen LogP contribution in [0.25, 0.3) is 22.6 Å². The van der Waals surface area contributed by atoms with Crippen LogP contribution in [0, 0.1) is 6.92 Å². The maximum absolute atomic E-state index is 13.2. The summed E-state index contributed by atoms with van der Waals surface area (Å²) in [5.74, 6) is 0.729. The van der Waals surface area contributed by atoms with Crippen molar-refractivity contribution in [2.24, 2.45) is 0 Å². The third-order valence-corrected chi connectivity index (χ3v) is 6.37. The maximum atomic E-state index is 13.2. The molecule has 0 atom stereocenters. The van der Waals surface area contributed by atoms with Crippen LogP contribution in [0.3, 0.4) is 0 Å². The van der Waals surface area contributed by atoms with E-state index in [0.29, 0.717) is 19.5 Å². The normalized spacial score (nSPS) is 12.8. The number of hydrogen-bond acceptors (Lipinski definition) is 3. The summed E-state index contributed by atoms with van der Waals surface area (Å²) in [5, 5.41) is 3.07. The molecule has 2 heterocycles. The van der Waals surface area contributed by atoms with E-state index < -0.39 is 0 Å². The molecule has 4 aromatic rings. The number of nitrogens with one attached hydrogen (secondary N) is 1. The van der Waals surface area contributed by atoms with Gasteiger partial charge < -0.3 is 10.2 Å². The summed E-state index contributed by atoms with van der Waals surface area (Å²) in [4.78, 5) is 25.0. The molecule has 170 valence electrons. The molecule has 0 fully saturated rings. The molecule has 0 saturated carbocycles. The summed E-state index contributed by atoms with van der Waals surface area (Å²) in [6.07, 6.45) is 1.63. The Balaban J connectivity index is 1.51. The fraction of sp³-hybridized carbons (Fsp3) is 0.207. The highest BCUT2D eigenvalue weighted by atomic mass is 16.2. The maximum Gasteiger partial charge on any atom is 0.322 e. The molecule has 34 heavy (non-hydrogen) atoms. The average Bonchev–Trinajstić information content (AvgIpc) is 2.88. The van der Waals surface area contributed by atoms with Crippen LogP contribution >= 0.6 is 0 Å². The molecule has 3 aromatic carbocycles. The second-order valence-corrected chi connectivity index (χ2v) is 8.66. The lowest BCUT2D eigenvalue weighted by Crippen LogP contribution is -2.39. The van der Waals surface area contributed by atoms with Gasteiger partial charge in [0.15, 0.2) is 5.82 Å². The van der Waals surface area contributed by atoms with Crippen molar-refractivity contribution < 1.29 is 4.79 Å². The topological polar surface area (TPSA) is 58.1 Å². The third kappa shape index (κ3) is 4.42. The fourth-order valence-corrected chi connectivity index (χ4v) is 4.44. The Morgan fingerprint density at radius 2 is 1.76 bits per heavy atom. The van der Waals surface area contributed by atoms with Crippen LogP contribution in [-0.4, -0.2) is 27.4 Å². The average molecular weight is 449 g/mol. The van der Waals surface area contributed by atoms with Crippen LogP contribution in [0.2, 0.25) is 0 Å². The Hall–Kier alpha value is -3.99. The second-order valence-electron chi connectivity index (χ2n) is 8.66. The van der Waals surface area contributed by atoms with E-state index in [2.05, 4.69) is 37.4 Å². The number of nitrogens with zero attached hydrogens (tertiary/aromatic N) is 3. The fourth-order valence-electron chi connectivity index (χ4n) is 4.44. The molecule has 1 N–H and O–H groups in total. The van der Waals surface area contributed by atoms with Gasteiger partial charge in [-0.25, -0.2) is 14.8 Å². The summed E-state index contributed by atoms with van der Waals surface area (Å²) in [6, 6.07) is 26.3. The molecule has 0 aliphatic carbocycles. The van der Waals surface area contributed by atoms with Crippen molar-refractivity contribution in [1.82, 2.24) is 14.9 Å². The minimum Gasteiger partial charge on any atom is -0.320 e. The van der Waals surface area contributed by atoms with Crippen LogP contribution in [0.15, 0.2) is 78.9 Å². The van der Waals surface area contributed by atoms with Gasteiger partial charge in [0.05, 0.1) is 17.9 Å². The van der Waals surface area contributed by atoms with Gasteiger partial charge in [0, 0.05) is 35.3 Å². The number of hydrogen-bond donors (Lipinski definition) is 1. The number of urea groups is 1. The van der Waals surface area contributed by atoms with Crippen LogP contribution in [0.5, 0.6) is 0 Å². The molecule has 0 bridgehead atoms. The molecule has 0 saturated heterocycles. The molecule has 5 nitrogen and oxygen atoms in total. The number of aromatic nitrogens is 2. The number of aryl methyl sites for hydroxylation is 2. The van der Waals surface area contributed by atoms with E-state index in [4.69, 9.17) is 9.97 Å². The molecule has 1 aliphatic rings. The first-order valence-corrected chi connectivity index (χ1v) is 11.8. The zero-order valence-electron chi connectivity index (χ0n) is 19.6. The number of rotatable bonds is 4. The SMILES string of the molecule is CCc1cccc(NC(=O)N2CCc3nc(-c4ccccc4)nc(-c4ccccc4C)c3C2)c1. The van der Waals surface area contributed by atoms with Crippen molar-refractivity contribution in [1.29, 1.82) is 0 Å². The Morgan fingerprint density at radius 3 is 2.56 bits per heavy atom. The van der Waals surface area contributed by atoms with Crippen LogP contribution in [0.1, 0.15) is 29.3 Å². The van der Waals surface area contributed by atoms with E-state index in [1.54, 1.807) is 0 Å². The number of carbonyl (C=O) groups excluding carboxylic acids is 1. The summed E-state index contributed by atoms with van der Waals surface area (Å²) in [7, 11) is 0. The van der Waals surface area contributed by atoms with Crippen LogP contribution in [-0.2, 0) is 19.4 Å². The predicted octanol–water partition coefficient (Wildman–Crippen LogP) is 6.27. The Kier molecular flexibility index (Phi) is 6.09. The van der Waals surface area contributed by atoms with E-state index in [0.717, 1.165) is 51.6 Å². The number of amides is 2. The molecule has 0 radical (unpaired) electrons. The minimum atomic E-state index is -0.0956. The van der Waals surface area contributed by atoms with E-state index in [-0.39, 0.29) is 6.03 Å². The Morgan fingerprint density at radius 1 is 0.971 bits per heavy atom. The molecule has 2 amide bonds. The zero-order chi connectivity index (χ0) is 23.5. The van der Waals surface area contributed by atoms with Gasteiger partial charge in [0.1, 0.15) is 0 Å². The molecule has 0 spiro atoms. The Bertz CT molecular complexity index is 1330. The van der Waals surface area contributed by atoms with Crippen molar-refractivity contribution in [3.8, 4) is 22.6 Å². The summed E-state index contributed by atoms with van der Waals surface area (Å²) in [6.45, 7) is 5.30. The first kappa shape index (κ1) is 21.8. The second kappa shape index (κ2) is 9.48. The number of carbonyl (C=O) groups is 1. The van der Waals surface area contributed by atoms with Gasteiger partial charge in [0.25, 0.3) is 0 Å². The van der Waals surface area contributed by atoms with Crippen molar-refractivity contribution in [2.45, 2.75) is 33.2 Å². The minimum absolute atomic E-state index is 0.0956. The Labute approximate surface area is 200 Å². The summed E-state index contributed by atoms with van der Waals surface area (Å²) < 4.78 is 0. The number of anilines is 1. The van der Waals surface area contributed by atoms with Crippen molar-refractivity contribution >= 4 is 11.7 Å². The lowest BCUT2D eigenvalue weighted by Gasteiger charge is -2.30. The smallest absolute Gasteiger partial charge is 0.320 e. The number of benzene rings is 3.